The highest BCUT2D eigenvalue weighted by Crippen LogP contribution is 2.35. The smallest absolute Gasteiger partial charge is 0.193 e. The Kier molecular flexibility index (Phi) is 5.77. The monoisotopic (exact) mass is 339 g/mol. The minimum absolute atomic E-state index is 0.263. The topological polar surface area (TPSA) is 68.9 Å². The fraction of sp³-hybridized carbons (Fsp3) is 0.350. The second-order valence-electron chi connectivity index (χ2n) is 6.17. The van der Waals surface area contributed by atoms with E-state index in [4.69, 9.17) is 15.2 Å². The molecule has 1 saturated carbocycles. The first kappa shape index (κ1) is 17.1. The van der Waals surface area contributed by atoms with Gasteiger partial charge in [0.2, 0.25) is 0 Å². The van der Waals surface area contributed by atoms with E-state index in [2.05, 4.69) is 10.3 Å². The highest BCUT2D eigenvalue weighted by Gasteiger charge is 2.20. The molecule has 5 nitrogen and oxygen atoms in total. The van der Waals surface area contributed by atoms with Crippen LogP contribution < -0.4 is 20.5 Å². The molecule has 132 valence electrons. The predicted molar refractivity (Wildman–Crippen MR) is 101 cm³/mol. The molecule has 0 amide bonds. The van der Waals surface area contributed by atoms with Crippen LogP contribution in [-0.4, -0.2) is 19.2 Å². The Bertz CT molecular complexity index is 710. The summed E-state index contributed by atoms with van der Waals surface area (Å²) < 4.78 is 11.7. The van der Waals surface area contributed by atoms with Crippen LogP contribution in [0, 0.1) is 0 Å². The van der Waals surface area contributed by atoms with E-state index in [0.29, 0.717) is 12.5 Å². The molecule has 2 aromatic carbocycles. The van der Waals surface area contributed by atoms with Crippen molar-refractivity contribution in [2.45, 2.75) is 38.3 Å². The number of nitrogens with zero attached hydrogens (tertiary/aromatic N) is 1. The van der Waals surface area contributed by atoms with Gasteiger partial charge in [0.05, 0.1) is 19.8 Å². The van der Waals surface area contributed by atoms with Gasteiger partial charge in [0.15, 0.2) is 17.5 Å². The highest BCUT2D eigenvalue weighted by atomic mass is 16.5. The third-order valence-corrected chi connectivity index (χ3v) is 4.33. The van der Waals surface area contributed by atoms with Crippen LogP contribution in [0.25, 0.3) is 0 Å². The van der Waals surface area contributed by atoms with E-state index in [1.54, 1.807) is 7.11 Å². The lowest BCUT2D eigenvalue weighted by molar-refractivity contribution is 0.198. The van der Waals surface area contributed by atoms with E-state index >= 15 is 0 Å². The van der Waals surface area contributed by atoms with Crippen molar-refractivity contribution in [3.63, 3.8) is 0 Å². The number of anilines is 1. The summed E-state index contributed by atoms with van der Waals surface area (Å²) in [6.45, 7) is 0.435. The van der Waals surface area contributed by atoms with Crippen LogP contribution >= 0.6 is 0 Å². The van der Waals surface area contributed by atoms with E-state index in [1.165, 1.54) is 12.8 Å². The fourth-order valence-corrected chi connectivity index (χ4v) is 3.03. The SMILES string of the molecule is COc1cccc(CN=C(N)Nc2ccccc2)c1OC1CCCC1. The van der Waals surface area contributed by atoms with Gasteiger partial charge in [-0.2, -0.15) is 0 Å². The molecule has 0 aromatic heterocycles. The average molecular weight is 339 g/mol. The van der Waals surface area contributed by atoms with Gasteiger partial charge in [0.25, 0.3) is 0 Å². The lowest BCUT2D eigenvalue weighted by Crippen LogP contribution is -2.22. The maximum atomic E-state index is 6.22. The zero-order valence-corrected chi connectivity index (χ0v) is 14.6. The largest absolute Gasteiger partial charge is 0.493 e. The quantitative estimate of drug-likeness (QED) is 0.618. The van der Waals surface area contributed by atoms with Gasteiger partial charge in [-0.3, -0.25) is 0 Å². The van der Waals surface area contributed by atoms with Crippen LogP contribution in [0.4, 0.5) is 5.69 Å². The minimum Gasteiger partial charge on any atom is -0.493 e. The Morgan fingerprint density at radius 3 is 2.60 bits per heavy atom. The Hall–Kier alpha value is -2.69. The molecule has 25 heavy (non-hydrogen) atoms. The van der Waals surface area contributed by atoms with Crippen molar-refractivity contribution in [1.29, 1.82) is 0 Å². The Balaban J connectivity index is 1.73. The zero-order chi connectivity index (χ0) is 17.5. The van der Waals surface area contributed by atoms with Crippen LogP contribution in [-0.2, 0) is 6.54 Å². The van der Waals surface area contributed by atoms with Crippen LogP contribution in [0.2, 0.25) is 0 Å². The first-order valence-electron chi connectivity index (χ1n) is 8.71. The minimum atomic E-state index is 0.263. The van der Waals surface area contributed by atoms with Gasteiger partial charge < -0.3 is 20.5 Å². The van der Waals surface area contributed by atoms with Gasteiger partial charge in [0, 0.05) is 11.3 Å². The average Bonchev–Trinajstić information content (AvgIpc) is 3.15. The van der Waals surface area contributed by atoms with Gasteiger partial charge in [-0.15, -0.1) is 0 Å². The second-order valence-corrected chi connectivity index (χ2v) is 6.17. The summed E-state index contributed by atoms with van der Waals surface area (Å²) in [5.74, 6) is 1.91. The normalized spacial score (nSPS) is 15.2. The summed E-state index contributed by atoms with van der Waals surface area (Å²) in [5, 5.41) is 3.09. The number of guanidine groups is 1. The molecular formula is C20H25N3O2. The standard InChI is InChI=1S/C20H25N3O2/c1-24-18-13-7-8-15(19(18)25-17-11-5-6-12-17)14-22-20(21)23-16-9-3-2-4-10-16/h2-4,7-10,13,17H,5-6,11-12,14H2,1H3,(H3,21,22,23). The number of hydrogen-bond donors (Lipinski definition) is 2. The first-order valence-corrected chi connectivity index (χ1v) is 8.71. The van der Waals surface area contributed by atoms with Crippen LogP contribution in [0.1, 0.15) is 31.2 Å². The molecule has 5 heteroatoms. The van der Waals surface area contributed by atoms with Gasteiger partial charge in [-0.05, 0) is 43.9 Å². The number of nitrogens with one attached hydrogen (secondary N) is 1. The van der Waals surface area contributed by atoms with Gasteiger partial charge in [-0.1, -0.05) is 30.3 Å². The lowest BCUT2D eigenvalue weighted by atomic mass is 10.1. The molecule has 0 radical (unpaired) electrons. The molecule has 1 fully saturated rings. The Morgan fingerprint density at radius 1 is 1.12 bits per heavy atom. The Morgan fingerprint density at radius 2 is 1.88 bits per heavy atom. The summed E-state index contributed by atoms with van der Waals surface area (Å²) >= 11 is 0. The maximum Gasteiger partial charge on any atom is 0.193 e. The van der Waals surface area contributed by atoms with E-state index in [9.17, 15) is 0 Å². The fourth-order valence-electron chi connectivity index (χ4n) is 3.03. The first-order chi connectivity index (χ1) is 12.3. The van der Waals surface area contributed by atoms with Gasteiger partial charge in [0.1, 0.15) is 0 Å². The summed E-state index contributed by atoms with van der Waals surface area (Å²) in [6, 6.07) is 15.6. The molecule has 0 bridgehead atoms. The van der Waals surface area contributed by atoms with Crippen molar-refractivity contribution in [3.05, 3.63) is 54.1 Å². The molecule has 0 heterocycles. The van der Waals surface area contributed by atoms with E-state index in [-0.39, 0.29) is 6.10 Å². The van der Waals surface area contributed by atoms with Crippen molar-refractivity contribution in [2.24, 2.45) is 10.7 Å². The number of para-hydroxylation sites is 2. The zero-order valence-electron chi connectivity index (χ0n) is 14.6. The van der Waals surface area contributed by atoms with Crippen molar-refractivity contribution < 1.29 is 9.47 Å². The number of hydrogen-bond acceptors (Lipinski definition) is 3. The lowest BCUT2D eigenvalue weighted by Gasteiger charge is -2.18. The summed E-state index contributed by atoms with van der Waals surface area (Å²) in [4.78, 5) is 4.45. The second kappa shape index (κ2) is 8.42. The molecule has 3 rings (SSSR count). The van der Waals surface area contributed by atoms with Crippen LogP contribution in [0.3, 0.4) is 0 Å². The van der Waals surface area contributed by atoms with Gasteiger partial charge >= 0.3 is 0 Å². The van der Waals surface area contributed by atoms with Crippen molar-refractivity contribution in [1.82, 2.24) is 0 Å². The molecule has 0 saturated heterocycles. The van der Waals surface area contributed by atoms with Crippen LogP contribution in [0.5, 0.6) is 11.5 Å². The maximum absolute atomic E-state index is 6.22. The number of methoxy groups -OCH3 is 1. The van der Waals surface area contributed by atoms with Crippen molar-refractivity contribution in [3.8, 4) is 11.5 Å². The number of aliphatic imine (C=N–C) groups is 1. The predicted octanol–water partition coefficient (Wildman–Crippen LogP) is 3.94. The molecule has 0 atom stereocenters. The molecule has 0 unspecified atom stereocenters. The van der Waals surface area contributed by atoms with Crippen molar-refractivity contribution >= 4 is 11.6 Å². The molecule has 0 spiro atoms. The highest BCUT2D eigenvalue weighted by molar-refractivity contribution is 5.92. The van der Waals surface area contributed by atoms with Gasteiger partial charge in [-0.25, -0.2) is 4.99 Å². The third-order valence-electron chi connectivity index (χ3n) is 4.33. The number of benzene rings is 2. The van der Waals surface area contributed by atoms with E-state index in [0.717, 1.165) is 35.6 Å². The number of rotatable bonds is 6. The van der Waals surface area contributed by atoms with Crippen LogP contribution in [0.15, 0.2) is 53.5 Å². The molecular weight excluding hydrogens is 314 g/mol. The molecule has 3 N–H and O–H groups in total. The molecule has 0 aliphatic heterocycles. The Labute approximate surface area is 148 Å². The molecule has 1 aliphatic carbocycles. The third kappa shape index (κ3) is 4.66. The molecule has 1 aliphatic rings. The molecule has 2 aromatic rings. The summed E-state index contributed by atoms with van der Waals surface area (Å²) in [5.41, 5.74) is 7.89. The van der Waals surface area contributed by atoms with E-state index < -0.39 is 0 Å². The number of nitrogens with two attached hydrogens (primary N) is 1. The van der Waals surface area contributed by atoms with E-state index in [1.807, 2.05) is 48.5 Å². The number of ether oxygens (including phenoxy) is 2. The summed E-state index contributed by atoms with van der Waals surface area (Å²) in [7, 11) is 1.66. The van der Waals surface area contributed by atoms with Crippen molar-refractivity contribution in [2.75, 3.05) is 12.4 Å². The summed E-state index contributed by atoms with van der Waals surface area (Å²) in [6.07, 6.45) is 4.90.